The van der Waals surface area contributed by atoms with Crippen LogP contribution in [0.15, 0.2) is 40.3 Å². The molecule has 2 aromatic rings. The summed E-state index contributed by atoms with van der Waals surface area (Å²) >= 11 is 8.46. The van der Waals surface area contributed by atoms with Crippen LogP contribution in [0.1, 0.15) is 0 Å². The van der Waals surface area contributed by atoms with Crippen LogP contribution in [0, 0.1) is 0 Å². The zero-order valence-electron chi connectivity index (χ0n) is 6.48. The van der Waals surface area contributed by atoms with E-state index in [-0.39, 0.29) is 0 Å². The number of hydrogen-bond donors (Lipinski definition) is 0. The zero-order valence-corrected chi connectivity index (χ0v) is 8.86. The molecule has 0 aliphatic rings. The van der Waals surface area contributed by atoms with Gasteiger partial charge in [0.25, 0.3) is 0 Å². The van der Waals surface area contributed by atoms with Crippen molar-refractivity contribution in [3.05, 3.63) is 35.5 Å². The Labute approximate surface area is 89.3 Å². The number of halogens is 1. The molecule has 0 fully saturated rings. The fourth-order valence-corrected chi connectivity index (χ4v) is 2.44. The third-order valence-corrected chi connectivity index (χ3v) is 3.48. The molecule has 1 aromatic carbocycles. The van der Waals surface area contributed by atoms with Crippen LogP contribution in [0.25, 0.3) is 0 Å². The normalized spacial score (nSPS) is 10.2. The third kappa shape index (κ3) is 2.21. The molecule has 5 heteroatoms. The number of hydrogen-bond acceptors (Lipinski definition) is 4. The van der Waals surface area contributed by atoms with E-state index in [2.05, 4.69) is 8.75 Å². The fraction of sp³-hybridized carbons (Fsp3) is 0. The summed E-state index contributed by atoms with van der Waals surface area (Å²) in [6.07, 6.45) is 0. The standard InChI is InChI=1S/C8H5ClN2S2/c9-7-8(11-13-10-7)12-6-4-2-1-3-5-6/h1-5H. The molecule has 0 aliphatic heterocycles. The van der Waals surface area contributed by atoms with E-state index >= 15 is 0 Å². The van der Waals surface area contributed by atoms with Crippen molar-refractivity contribution in [2.24, 2.45) is 0 Å². The van der Waals surface area contributed by atoms with Crippen molar-refractivity contribution < 1.29 is 0 Å². The minimum Gasteiger partial charge on any atom is -0.164 e. The Bertz CT molecular complexity index is 388. The van der Waals surface area contributed by atoms with Gasteiger partial charge < -0.3 is 0 Å². The van der Waals surface area contributed by atoms with E-state index in [4.69, 9.17) is 11.6 Å². The highest BCUT2D eigenvalue weighted by Gasteiger charge is 2.06. The molecular formula is C8H5ClN2S2. The van der Waals surface area contributed by atoms with E-state index in [1.165, 1.54) is 11.8 Å². The van der Waals surface area contributed by atoms with Gasteiger partial charge in [-0.05, 0) is 12.1 Å². The highest BCUT2D eigenvalue weighted by Crippen LogP contribution is 2.30. The molecule has 0 amide bonds. The molecule has 0 N–H and O–H groups in total. The number of rotatable bonds is 2. The van der Waals surface area contributed by atoms with E-state index in [1.807, 2.05) is 30.3 Å². The van der Waals surface area contributed by atoms with Gasteiger partial charge in [-0.1, -0.05) is 41.6 Å². The second-order valence-electron chi connectivity index (χ2n) is 2.28. The van der Waals surface area contributed by atoms with Gasteiger partial charge in [0.1, 0.15) is 0 Å². The number of aromatic nitrogens is 2. The summed E-state index contributed by atoms with van der Waals surface area (Å²) in [7, 11) is 0. The Morgan fingerprint density at radius 2 is 1.92 bits per heavy atom. The van der Waals surface area contributed by atoms with Gasteiger partial charge in [0.15, 0.2) is 10.2 Å². The first-order valence-corrected chi connectivity index (χ1v) is 5.50. The molecule has 2 rings (SSSR count). The predicted octanol–water partition coefficient (Wildman–Crippen LogP) is 3.34. The molecule has 13 heavy (non-hydrogen) atoms. The highest BCUT2D eigenvalue weighted by molar-refractivity contribution is 7.99. The average molecular weight is 229 g/mol. The first-order chi connectivity index (χ1) is 6.36. The molecule has 0 spiro atoms. The lowest BCUT2D eigenvalue weighted by Crippen LogP contribution is -1.72. The monoisotopic (exact) mass is 228 g/mol. The van der Waals surface area contributed by atoms with Gasteiger partial charge >= 0.3 is 0 Å². The molecule has 0 atom stereocenters. The van der Waals surface area contributed by atoms with E-state index in [0.717, 1.165) is 21.6 Å². The van der Waals surface area contributed by atoms with Crippen molar-refractivity contribution in [1.82, 2.24) is 8.75 Å². The second kappa shape index (κ2) is 4.09. The smallest absolute Gasteiger partial charge is 0.164 e. The summed E-state index contributed by atoms with van der Waals surface area (Å²) in [4.78, 5) is 1.12. The largest absolute Gasteiger partial charge is 0.177 e. The minimum atomic E-state index is 0.485. The molecule has 0 saturated carbocycles. The Morgan fingerprint density at radius 1 is 1.15 bits per heavy atom. The number of benzene rings is 1. The van der Waals surface area contributed by atoms with Crippen molar-refractivity contribution in [2.45, 2.75) is 9.92 Å². The number of nitrogens with zero attached hydrogens (tertiary/aromatic N) is 2. The van der Waals surface area contributed by atoms with Crippen molar-refractivity contribution in [3.63, 3.8) is 0 Å². The van der Waals surface area contributed by atoms with Gasteiger partial charge in [-0.3, -0.25) is 0 Å². The summed E-state index contributed by atoms with van der Waals surface area (Å²) in [6.45, 7) is 0. The van der Waals surface area contributed by atoms with Gasteiger partial charge in [-0.15, -0.1) is 0 Å². The van der Waals surface area contributed by atoms with Gasteiger partial charge in [0.05, 0.1) is 11.7 Å². The summed E-state index contributed by atoms with van der Waals surface area (Å²) in [5.41, 5.74) is 0. The maximum absolute atomic E-state index is 5.81. The van der Waals surface area contributed by atoms with Crippen LogP contribution in [-0.4, -0.2) is 8.75 Å². The lowest BCUT2D eigenvalue weighted by Gasteiger charge is -1.95. The molecule has 0 radical (unpaired) electrons. The maximum atomic E-state index is 5.81. The van der Waals surface area contributed by atoms with Crippen LogP contribution in [-0.2, 0) is 0 Å². The third-order valence-electron chi connectivity index (χ3n) is 1.38. The molecule has 2 nitrogen and oxygen atoms in total. The lowest BCUT2D eigenvalue weighted by atomic mass is 10.4. The SMILES string of the molecule is Clc1nsnc1Sc1ccccc1. The van der Waals surface area contributed by atoms with Crippen LogP contribution in [0.4, 0.5) is 0 Å². The summed E-state index contributed by atoms with van der Waals surface area (Å²) in [6, 6.07) is 9.97. The quantitative estimate of drug-likeness (QED) is 0.789. The van der Waals surface area contributed by atoms with Crippen molar-refractivity contribution >= 4 is 35.1 Å². The summed E-state index contributed by atoms with van der Waals surface area (Å²) in [5, 5.41) is 1.26. The molecule has 66 valence electrons. The molecule has 1 aromatic heterocycles. The molecule has 0 saturated heterocycles. The first-order valence-electron chi connectivity index (χ1n) is 3.57. The second-order valence-corrected chi connectivity index (χ2v) is 4.22. The van der Waals surface area contributed by atoms with Gasteiger partial charge in [-0.2, -0.15) is 8.75 Å². The zero-order chi connectivity index (χ0) is 9.10. The lowest BCUT2D eigenvalue weighted by molar-refractivity contribution is 1.25. The van der Waals surface area contributed by atoms with Gasteiger partial charge in [0, 0.05) is 4.90 Å². The van der Waals surface area contributed by atoms with Crippen LogP contribution < -0.4 is 0 Å². The average Bonchev–Trinajstić information content (AvgIpc) is 2.54. The molecule has 1 heterocycles. The fourth-order valence-electron chi connectivity index (χ4n) is 0.831. The topological polar surface area (TPSA) is 25.8 Å². The Kier molecular flexibility index (Phi) is 2.83. The summed E-state index contributed by atoms with van der Waals surface area (Å²) < 4.78 is 7.96. The van der Waals surface area contributed by atoms with E-state index in [1.54, 1.807) is 0 Å². The van der Waals surface area contributed by atoms with Crippen molar-refractivity contribution in [2.75, 3.05) is 0 Å². The van der Waals surface area contributed by atoms with E-state index < -0.39 is 0 Å². The van der Waals surface area contributed by atoms with Crippen LogP contribution in [0.2, 0.25) is 5.15 Å². The Hall–Kier alpha value is -0.580. The molecule has 0 unspecified atom stereocenters. The summed E-state index contributed by atoms with van der Waals surface area (Å²) in [5.74, 6) is 0. The van der Waals surface area contributed by atoms with E-state index in [9.17, 15) is 0 Å². The Balaban J connectivity index is 2.20. The maximum Gasteiger partial charge on any atom is 0.177 e. The van der Waals surface area contributed by atoms with Crippen LogP contribution in [0.3, 0.4) is 0 Å². The van der Waals surface area contributed by atoms with Gasteiger partial charge in [-0.25, -0.2) is 0 Å². The predicted molar refractivity (Wildman–Crippen MR) is 55.5 cm³/mol. The highest BCUT2D eigenvalue weighted by atomic mass is 35.5. The molecule has 0 bridgehead atoms. The Morgan fingerprint density at radius 3 is 2.54 bits per heavy atom. The van der Waals surface area contributed by atoms with Crippen molar-refractivity contribution in [3.8, 4) is 0 Å². The minimum absolute atomic E-state index is 0.485. The first kappa shape index (κ1) is 8.99. The van der Waals surface area contributed by atoms with Crippen LogP contribution >= 0.6 is 35.1 Å². The van der Waals surface area contributed by atoms with E-state index in [0.29, 0.717) is 5.15 Å². The van der Waals surface area contributed by atoms with Crippen molar-refractivity contribution in [1.29, 1.82) is 0 Å². The molecular weight excluding hydrogens is 224 g/mol. The van der Waals surface area contributed by atoms with Crippen LogP contribution in [0.5, 0.6) is 0 Å². The molecule has 0 aliphatic carbocycles. The van der Waals surface area contributed by atoms with Gasteiger partial charge in [0.2, 0.25) is 0 Å².